The van der Waals surface area contributed by atoms with Gasteiger partial charge in [0.05, 0.1) is 19.1 Å². The summed E-state index contributed by atoms with van der Waals surface area (Å²) in [5.41, 5.74) is 1.24. The van der Waals surface area contributed by atoms with Crippen LogP contribution in [0.1, 0.15) is 0 Å². The van der Waals surface area contributed by atoms with E-state index in [0.29, 0.717) is 54.1 Å². The first kappa shape index (κ1) is 19.1. The van der Waals surface area contributed by atoms with Crippen molar-refractivity contribution < 1.29 is 13.9 Å². The Morgan fingerprint density at radius 3 is 2.62 bits per heavy atom. The van der Waals surface area contributed by atoms with Gasteiger partial charge in [0.15, 0.2) is 11.6 Å². The highest BCUT2D eigenvalue weighted by atomic mass is 35.5. The lowest BCUT2D eigenvalue weighted by Crippen LogP contribution is -2.50. The molecule has 1 aliphatic heterocycles. The predicted octanol–water partition coefficient (Wildman–Crippen LogP) is 3.75. The number of ether oxygens (including phenoxy) is 1. The fraction of sp³-hybridized carbons (Fsp3) is 0.250. The van der Waals surface area contributed by atoms with E-state index in [1.54, 1.807) is 36.5 Å². The van der Waals surface area contributed by atoms with E-state index >= 15 is 0 Å². The lowest BCUT2D eigenvalue weighted by molar-refractivity contribution is 0.208. The van der Waals surface area contributed by atoms with Gasteiger partial charge < -0.3 is 24.3 Å². The molecule has 1 N–H and O–H groups in total. The minimum absolute atomic E-state index is 0.190. The third-order valence-corrected chi connectivity index (χ3v) is 4.95. The molecular weight excluding hydrogens is 394 g/mol. The van der Waals surface area contributed by atoms with Crippen LogP contribution in [0.15, 0.2) is 53.1 Å². The number of hydrogen-bond donors (Lipinski definition) is 1. The zero-order chi connectivity index (χ0) is 20.2. The van der Waals surface area contributed by atoms with Crippen molar-refractivity contribution in [2.75, 3.05) is 43.5 Å². The molecule has 0 aliphatic carbocycles. The number of nitrogens with zero attached hydrogens (tertiary/aromatic N) is 4. The Kier molecular flexibility index (Phi) is 5.53. The van der Waals surface area contributed by atoms with Gasteiger partial charge in [-0.15, -0.1) is 10.2 Å². The van der Waals surface area contributed by atoms with E-state index in [2.05, 4.69) is 20.4 Å². The number of urea groups is 1. The highest BCUT2D eigenvalue weighted by Gasteiger charge is 2.23. The number of carbonyl (C=O) groups is 1. The zero-order valence-corrected chi connectivity index (χ0v) is 16.6. The molecule has 29 heavy (non-hydrogen) atoms. The van der Waals surface area contributed by atoms with Crippen molar-refractivity contribution >= 4 is 29.1 Å². The molecule has 1 aromatic carbocycles. The van der Waals surface area contributed by atoms with Crippen molar-refractivity contribution in [2.24, 2.45) is 0 Å². The first-order valence-corrected chi connectivity index (χ1v) is 9.54. The number of carbonyl (C=O) groups excluding carboxylic acids is 1. The second kappa shape index (κ2) is 8.40. The summed E-state index contributed by atoms with van der Waals surface area (Å²) in [6, 6.07) is 12.4. The van der Waals surface area contributed by atoms with E-state index in [4.69, 9.17) is 20.8 Å². The van der Waals surface area contributed by atoms with Crippen LogP contribution in [0.5, 0.6) is 5.75 Å². The summed E-state index contributed by atoms with van der Waals surface area (Å²) >= 11 is 6.03. The molecule has 2 aromatic heterocycles. The molecule has 0 radical (unpaired) electrons. The number of halogens is 1. The molecular formula is C20H20ClN5O3. The van der Waals surface area contributed by atoms with Crippen molar-refractivity contribution in [1.82, 2.24) is 15.1 Å². The Bertz CT molecular complexity index is 970. The number of benzene rings is 1. The van der Waals surface area contributed by atoms with E-state index in [9.17, 15) is 4.79 Å². The van der Waals surface area contributed by atoms with Crippen molar-refractivity contribution in [3.05, 3.63) is 53.8 Å². The summed E-state index contributed by atoms with van der Waals surface area (Å²) in [4.78, 5) is 16.5. The van der Waals surface area contributed by atoms with Crippen molar-refractivity contribution in [3.8, 4) is 17.2 Å². The van der Waals surface area contributed by atoms with Crippen molar-refractivity contribution in [3.63, 3.8) is 0 Å². The van der Waals surface area contributed by atoms with Crippen LogP contribution in [-0.4, -0.2) is 54.4 Å². The molecule has 1 fully saturated rings. The topological polar surface area (TPSA) is 83.7 Å². The van der Waals surface area contributed by atoms with Gasteiger partial charge in [-0.3, -0.25) is 0 Å². The summed E-state index contributed by atoms with van der Waals surface area (Å²) in [6.45, 7) is 2.45. The molecule has 9 heteroatoms. The number of aromatic nitrogens is 2. The molecule has 0 atom stereocenters. The Labute approximate surface area is 173 Å². The number of furan rings is 1. The first-order valence-electron chi connectivity index (χ1n) is 9.16. The van der Waals surface area contributed by atoms with Gasteiger partial charge in [-0.05, 0) is 42.5 Å². The number of anilines is 2. The summed E-state index contributed by atoms with van der Waals surface area (Å²) in [5.74, 6) is 2.02. The zero-order valence-electron chi connectivity index (χ0n) is 15.8. The van der Waals surface area contributed by atoms with Crippen LogP contribution in [0, 0.1) is 0 Å². The SMILES string of the molecule is COc1ccc(Cl)cc1NC(=O)N1CCN(c2ccc(-c3ccco3)nn2)CC1. The third-order valence-electron chi connectivity index (χ3n) is 4.72. The standard InChI is InChI=1S/C20H20ClN5O3/c1-28-17-6-4-14(21)13-16(17)22-20(27)26-10-8-25(9-11-26)19-7-5-15(23-24-19)18-3-2-12-29-18/h2-7,12-13H,8-11H2,1H3,(H,22,27). The van der Waals surface area contributed by atoms with Crippen LogP contribution in [-0.2, 0) is 0 Å². The van der Waals surface area contributed by atoms with Gasteiger partial charge in [0.2, 0.25) is 0 Å². The van der Waals surface area contributed by atoms with Crippen LogP contribution in [0.4, 0.5) is 16.3 Å². The molecule has 150 valence electrons. The fourth-order valence-electron chi connectivity index (χ4n) is 3.16. The van der Waals surface area contributed by atoms with E-state index in [0.717, 1.165) is 5.82 Å². The van der Waals surface area contributed by atoms with Crippen LogP contribution in [0.3, 0.4) is 0 Å². The fourth-order valence-corrected chi connectivity index (χ4v) is 3.33. The van der Waals surface area contributed by atoms with Crippen LogP contribution in [0.25, 0.3) is 11.5 Å². The molecule has 0 saturated carbocycles. The minimum Gasteiger partial charge on any atom is -0.495 e. The van der Waals surface area contributed by atoms with Gasteiger partial charge in [-0.1, -0.05) is 11.6 Å². The number of rotatable bonds is 4. The molecule has 0 spiro atoms. The lowest BCUT2D eigenvalue weighted by Gasteiger charge is -2.35. The molecule has 0 bridgehead atoms. The molecule has 8 nitrogen and oxygen atoms in total. The number of nitrogens with one attached hydrogen (secondary N) is 1. The highest BCUT2D eigenvalue weighted by Crippen LogP contribution is 2.28. The molecule has 3 aromatic rings. The van der Waals surface area contributed by atoms with Crippen LogP contribution >= 0.6 is 11.6 Å². The van der Waals surface area contributed by atoms with E-state index < -0.39 is 0 Å². The van der Waals surface area contributed by atoms with E-state index in [1.807, 2.05) is 24.3 Å². The lowest BCUT2D eigenvalue weighted by atomic mass is 10.2. The molecule has 2 amide bonds. The quantitative estimate of drug-likeness (QED) is 0.701. The number of hydrogen-bond acceptors (Lipinski definition) is 6. The summed E-state index contributed by atoms with van der Waals surface area (Å²) < 4.78 is 10.6. The molecule has 1 saturated heterocycles. The Hall–Kier alpha value is -3.26. The summed E-state index contributed by atoms with van der Waals surface area (Å²) in [6.07, 6.45) is 1.61. The van der Waals surface area contributed by atoms with Gasteiger partial charge >= 0.3 is 6.03 Å². The average molecular weight is 414 g/mol. The molecule has 4 rings (SSSR count). The molecule has 1 aliphatic rings. The van der Waals surface area contributed by atoms with Crippen LogP contribution in [0.2, 0.25) is 5.02 Å². The average Bonchev–Trinajstić information content (AvgIpc) is 3.29. The second-order valence-electron chi connectivity index (χ2n) is 6.50. The second-order valence-corrected chi connectivity index (χ2v) is 6.94. The Balaban J connectivity index is 1.35. The van der Waals surface area contributed by atoms with Crippen molar-refractivity contribution in [1.29, 1.82) is 0 Å². The monoisotopic (exact) mass is 413 g/mol. The largest absolute Gasteiger partial charge is 0.495 e. The minimum atomic E-state index is -0.190. The third kappa shape index (κ3) is 4.27. The van der Waals surface area contributed by atoms with Crippen molar-refractivity contribution in [2.45, 2.75) is 0 Å². The van der Waals surface area contributed by atoms with E-state index in [-0.39, 0.29) is 6.03 Å². The normalized spacial score (nSPS) is 14.0. The number of piperazine rings is 1. The van der Waals surface area contributed by atoms with Gasteiger partial charge in [0.1, 0.15) is 11.4 Å². The maximum Gasteiger partial charge on any atom is 0.322 e. The molecule has 0 unspecified atom stereocenters. The number of methoxy groups -OCH3 is 1. The van der Waals surface area contributed by atoms with Gasteiger partial charge in [-0.25, -0.2) is 4.79 Å². The Morgan fingerprint density at radius 2 is 1.97 bits per heavy atom. The molecule has 3 heterocycles. The van der Waals surface area contributed by atoms with Gasteiger partial charge in [-0.2, -0.15) is 0 Å². The van der Waals surface area contributed by atoms with Gasteiger partial charge in [0, 0.05) is 31.2 Å². The summed E-state index contributed by atoms with van der Waals surface area (Å²) in [7, 11) is 1.55. The van der Waals surface area contributed by atoms with Crippen LogP contribution < -0.4 is 15.0 Å². The van der Waals surface area contributed by atoms with Gasteiger partial charge in [0.25, 0.3) is 0 Å². The first-order chi connectivity index (χ1) is 14.1. The predicted molar refractivity (Wildman–Crippen MR) is 111 cm³/mol. The highest BCUT2D eigenvalue weighted by molar-refractivity contribution is 6.31. The Morgan fingerprint density at radius 1 is 1.14 bits per heavy atom. The number of amides is 2. The maximum atomic E-state index is 12.6. The smallest absolute Gasteiger partial charge is 0.322 e. The van der Waals surface area contributed by atoms with E-state index in [1.165, 1.54) is 0 Å². The maximum absolute atomic E-state index is 12.6. The summed E-state index contributed by atoms with van der Waals surface area (Å²) in [5, 5.41) is 11.9.